The smallest absolute Gasteiger partial charge is 0.251 e. The third-order valence-electron chi connectivity index (χ3n) is 5.45. The Morgan fingerprint density at radius 3 is 2.38 bits per heavy atom. The Morgan fingerprint density at radius 2 is 1.76 bits per heavy atom. The first kappa shape index (κ1) is 21.5. The number of hydrogen-bond acceptors (Lipinski definition) is 3. The second-order valence-electron chi connectivity index (χ2n) is 8.14. The summed E-state index contributed by atoms with van der Waals surface area (Å²) in [5.74, 6) is 0.255. The Morgan fingerprint density at radius 1 is 1.10 bits per heavy atom. The molecule has 0 saturated carbocycles. The van der Waals surface area contributed by atoms with Gasteiger partial charge < -0.3 is 5.32 Å². The molecule has 0 radical (unpaired) electrons. The standard InChI is InChI=1S/C23H30N2O3S/c1-17(2)24-23(26)22-16-21(10-9-18(22)3)29(27,28)25-13-11-20(12-14-25)15-19-7-5-4-6-8-19/h4-10,16-17,20H,11-15H2,1-3H3,(H,24,26). The molecule has 29 heavy (non-hydrogen) atoms. The summed E-state index contributed by atoms with van der Waals surface area (Å²) >= 11 is 0. The number of carbonyl (C=O) groups excluding carboxylic acids is 1. The molecule has 1 fully saturated rings. The van der Waals surface area contributed by atoms with E-state index in [0.717, 1.165) is 24.8 Å². The first-order valence-electron chi connectivity index (χ1n) is 10.2. The summed E-state index contributed by atoms with van der Waals surface area (Å²) in [7, 11) is -3.61. The molecule has 0 atom stereocenters. The molecule has 0 bridgehead atoms. The number of rotatable bonds is 6. The summed E-state index contributed by atoms with van der Waals surface area (Å²) in [6, 6.07) is 15.2. The number of aryl methyl sites for hydroxylation is 1. The molecular formula is C23H30N2O3S. The van der Waals surface area contributed by atoms with Crippen LogP contribution in [0, 0.1) is 12.8 Å². The summed E-state index contributed by atoms with van der Waals surface area (Å²) in [5, 5.41) is 2.84. The number of sulfonamides is 1. The van der Waals surface area contributed by atoms with Crippen molar-refractivity contribution in [3.63, 3.8) is 0 Å². The Balaban J connectivity index is 1.70. The fourth-order valence-electron chi connectivity index (χ4n) is 3.80. The van der Waals surface area contributed by atoms with Gasteiger partial charge in [-0.3, -0.25) is 4.79 Å². The highest BCUT2D eigenvalue weighted by Gasteiger charge is 2.30. The molecule has 0 unspecified atom stereocenters. The fourth-order valence-corrected chi connectivity index (χ4v) is 5.29. The van der Waals surface area contributed by atoms with E-state index >= 15 is 0 Å². The van der Waals surface area contributed by atoms with Crippen LogP contribution in [0.5, 0.6) is 0 Å². The van der Waals surface area contributed by atoms with Gasteiger partial charge in [-0.25, -0.2) is 8.42 Å². The number of nitrogens with zero attached hydrogens (tertiary/aromatic N) is 1. The molecule has 6 heteroatoms. The summed E-state index contributed by atoms with van der Waals surface area (Å²) in [5.41, 5.74) is 2.48. The maximum absolute atomic E-state index is 13.2. The minimum absolute atomic E-state index is 0.00851. The predicted molar refractivity (Wildman–Crippen MR) is 115 cm³/mol. The van der Waals surface area contributed by atoms with Crippen LogP contribution >= 0.6 is 0 Å². The summed E-state index contributed by atoms with van der Waals surface area (Å²) < 4.78 is 27.9. The van der Waals surface area contributed by atoms with Crippen molar-refractivity contribution in [1.29, 1.82) is 0 Å². The Kier molecular flexibility index (Phi) is 6.75. The lowest BCUT2D eigenvalue weighted by Crippen LogP contribution is -2.39. The molecule has 5 nitrogen and oxygen atoms in total. The van der Waals surface area contributed by atoms with Gasteiger partial charge in [-0.2, -0.15) is 4.31 Å². The lowest BCUT2D eigenvalue weighted by atomic mass is 9.91. The molecule has 2 aromatic rings. The van der Waals surface area contributed by atoms with Crippen molar-refractivity contribution in [2.24, 2.45) is 5.92 Å². The number of piperidine rings is 1. The second kappa shape index (κ2) is 9.09. The number of amides is 1. The van der Waals surface area contributed by atoms with E-state index in [0.29, 0.717) is 24.6 Å². The van der Waals surface area contributed by atoms with Crippen LogP contribution < -0.4 is 5.32 Å². The van der Waals surface area contributed by atoms with E-state index in [4.69, 9.17) is 0 Å². The Bertz CT molecular complexity index is 947. The van der Waals surface area contributed by atoms with Gasteiger partial charge in [-0.05, 0) is 69.2 Å². The Hall–Kier alpha value is -2.18. The highest BCUT2D eigenvalue weighted by Crippen LogP contribution is 2.27. The van der Waals surface area contributed by atoms with Crippen molar-refractivity contribution in [3.8, 4) is 0 Å². The minimum Gasteiger partial charge on any atom is -0.350 e. The third-order valence-corrected chi connectivity index (χ3v) is 7.35. The van der Waals surface area contributed by atoms with Crippen molar-refractivity contribution >= 4 is 15.9 Å². The van der Waals surface area contributed by atoms with Crippen molar-refractivity contribution in [2.45, 2.75) is 51.0 Å². The topological polar surface area (TPSA) is 66.5 Å². The van der Waals surface area contributed by atoms with Gasteiger partial charge in [-0.1, -0.05) is 36.4 Å². The zero-order valence-electron chi connectivity index (χ0n) is 17.4. The molecule has 3 rings (SSSR count). The average molecular weight is 415 g/mol. The molecule has 1 amide bonds. The van der Waals surface area contributed by atoms with Crippen LogP contribution in [0.4, 0.5) is 0 Å². The van der Waals surface area contributed by atoms with Gasteiger partial charge in [0.1, 0.15) is 0 Å². The predicted octanol–water partition coefficient (Wildman–Crippen LogP) is 3.78. The average Bonchev–Trinajstić information content (AvgIpc) is 2.69. The van der Waals surface area contributed by atoms with Gasteiger partial charge in [0.15, 0.2) is 0 Å². The molecule has 0 aliphatic carbocycles. The lowest BCUT2D eigenvalue weighted by molar-refractivity contribution is 0.0942. The van der Waals surface area contributed by atoms with Crippen LogP contribution in [0.25, 0.3) is 0 Å². The maximum atomic E-state index is 13.2. The first-order valence-corrected chi connectivity index (χ1v) is 11.7. The van der Waals surface area contributed by atoms with Gasteiger partial charge in [-0.15, -0.1) is 0 Å². The van der Waals surface area contributed by atoms with E-state index in [9.17, 15) is 13.2 Å². The normalized spacial score (nSPS) is 16.1. The monoisotopic (exact) mass is 414 g/mol. The Labute approximate surface area is 174 Å². The molecular weight excluding hydrogens is 384 g/mol. The zero-order valence-corrected chi connectivity index (χ0v) is 18.2. The minimum atomic E-state index is -3.61. The highest BCUT2D eigenvalue weighted by molar-refractivity contribution is 7.89. The molecule has 0 spiro atoms. The molecule has 1 heterocycles. The zero-order chi connectivity index (χ0) is 21.0. The van der Waals surface area contributed by atoms with Gasteiger partial charge in [0.2, 0.25) is 10.0 Å². The first-order chi connectivity index (χ1) is 13.8. The van der Waals surface area contributed by atoms with Crippen molar-refractivity contribution in [2.75, 3.05) is 13.1 Å². The molecule has 1 saturated heterocycles. The van der Waals surface area contributed by atoms with Crippen LogP contribution in [-0.2, 0) is 16.4 Å². The highest BCUT2D eigenvalue weighted by atomic mass is 32.2. The molecule has 2 aromatic carbocycles. The van der Waals surface area contributed by atoms with E-state index < -0.39 is 10.0 Å². The van der Waals surface area contributed by atoms with Crippen LogP contribution in [0.3, 0.4) is 0 Å². The van der Waals surface area contributed by atoms with Crippen molar-refractivity contribution in [1.82, 2.24) is 9.62 Å². The third kappa shape index (κ3) is 5.25. The summed E-state index contributed by atoms with van der Waals surface area (Å²) in [6.45, 7) is 6.62. The molecule has 1 aliphatic rings. The van der Waals surface area contributed by atoms with E-state index in [1.54, 1.807) is 16.4 Å². The largest absolute Gasteiger partial charge is 0.350 e. The SMILES string of the molecule is Cc1ccc(S(=O)(=O)N2CCC(Cc3ccccc3)CC2)cc1C(=O)NC(C)C. The maximum Gasteiger partial charge on any atom is 0.251 e. The number of nitrogens with one attached hydrogen (secondary N) is 1. The molecule has 1 N–H and O–H groups in total. The van der Waals surface area contributed by atoms with E-state index in [-0.39, 0.29) is 16.8 Å². The number of carbonyl (C=O) groups is 1. The fraction of sp³-hybridized carbons (Fsp3) is 0.435. The van der Waals surface area contributed by atoms with Gasteiger partial charge in [0, 0.05) is 24.7 Å². The lowest BCUT2D eigenvalue weighted by Gasteiger charge is -2.31. The van der Waals surface area contributed by atoms with Crippen LogP contribution in [0.1, 0.15) is 48.2 Å². The van der Waals surface area contributed by atoms with Crippen LogP contribution in [-0.4, -0.2) is 37.8 Å². The summed E-state index contributed by atoms with van der Waals surface area (Å²) in [4.78, 5) is 12.6. The van der Waals surface area contributed by atoms with Crippen LogP contribution in [0.2, 0.25) is 0 Å². The summed E-state index contributed by atoms with van der Waals surface area (Å²) in [6.07, 6.45) is 2.68. The van der Waals surface area contributed by atoms with E-state index in [1.807, 2.05) is 39.0 Å². The molecule has 1 aliphatic heterocycles. The quantitative estimate of drug-likeness (QED) is 0.782. The van der Waals surface area contributed by atoms with E-state index in [1.165, 1.54) is 11.6 Å². The second-order valence-corrected chi connectivity index (χ2v) is 10.1. The van der Waals surface area contributed by atoms with Crippen molar-refractivity contribution < 1.29 is 13.2 Å². The molecule has 0 aromatic heterocycles. The number of hydrogen-bond donors (Lipinski definition) is 1. The van der Waals surface area contributed by atoms with Crippen molar-refractivity contribution in [3.05, 3.63) is 65.2 Å². The van der Waals surface area contributed by atoms with E-state index in [2.05, 4.69) is 17.4 Å². The van der Waals surface area contributed by atoms with Crippen LogP contribution in [0.15, 0.2) is 53.4 Å². The van der Waals surface area contributed by atoms with Gasteiger partial charge in [0.05, 0.1) is 4.90 Å². The number of benzene rings is 2. The molecule has 156 valence electrons. The van der Waals surface area contributed by atoms with Gasteiger partial charge >= 0.3 is 0 Å². The van der Waals surface area contributed by atoms with Gasteiger partial charge in [0.25, 0.3) is 5.91 Å².